The van der Waals surface area contributed by atoms with Crippen LogP contribution < -0.4 is 4.72 Å². The molecule has 0 unspecified atom stereocenters. The fraction of sp³-hybridized carbons (Fsp3) is 0.286. The van der Waals surface area contributed by atoms with Crippen molar-refractivity contribution in [3.8, 4) is 0 Å². The average molecular weight is 446 g/mol. The molecule has 1 aliphatic rings. The Hall–Kier alpha value is -2.33. The molecule has 0 spiro atoms. The van der Waals surface area contributed by atoms with Gasteiger partial charge in [-0.2, -0.15) is 4.31 Å². The van der Waals surface area contributed by atoms with Crippen LogP contribution in [0.2, 0.25) is 0 Å². The van der Waals surface area contributed by atoms with Crippen molar-refractivity contribution in [1.29, 1.82) is 0 Å². The molecule has 2 aromatic carbocycles. The first-order valence-electron chi connectivity index (χ1n) is 9.80. The van der Waals surface area contributed by atoms with Crippen LogP contribution in [-0.2, 0) is 26.6 Å². The van der Waals surface area contributed by atoms with E-state index in [1.807, 2.05) is 30.3 Å². The summed E-state index contributed by atoms with van der Waals surface area (Å²) in [5.74, 6) is 0. The van der Waals surface area contributed by atoms with E-state index in [1.165, 1.54) is 28.6 Å². The Balaban J connectivity index is 1.52. The van der Waals surface area contributed by atoms with E-state index in [4.69, 9.17) is 0 Å². The highest BCUT2D eigenvalue weighted by Gasteiger charge is 2.26. The Kier molecular flexibility index (Phi) is 5.88. The van der Waals surface area contributed by atoms with Crippen LogP contribution >= 0.6 is 0 Å². The van der Waals surface area contributed by atoms with E-state index < -0.39 is 20.0 Å². The van der Waals surface area contributed by atoms with Crippen molar-refractivity contribution in [3.63, 3.8) is 0 Å². The second-order valence-electron chi connectivity index (χ2n) is 7.25. The highest BCUT2D eigenvalue weighted by atomic mass is 32.2. The molecule has 30 heavy (non-hydrogen) atoms. The molecule has 0 atom stereocenters. The van der Waals surface area contributed by atoms with Crippen LogP contribution in [0.1, 0.15) is 24.8 Å². The Morgan fingerprint density at radius 2 is 1.50 bits per heavy atom. The summed E-state index contributed by atoms with van der Waals surface area (Å²) >= 11 is 0. The highest BCUT2D eigenvalue weighted by Crippen LogP contribution is 2.22. The molecule has 0 amide bonds. The van der Waals surface area contributed by atoms with Gasteiger partial charge in [-0.15, -0.1) is 0 Å². The van der Waals surface area contributed by atoms with E-state index in [0.717, 1.165) is 35.7 Å². The summed E-state index contributed by atoms with van der Waals surface area (Å²) in [4.78, 5) is 4.47. The molecule has 1 aromatic heterocycles. The van der Waals surface area contributed by atoms with E-state index >= 15 is 0 Å². The molecule has 1 fully saturated rings. The van der Waals surface area contributed by atoms with Crippen LogP contribution in [-0.4, -0.2) is 39.2 Å². The molecule has 1 N–H and O–H groups in total. The molecule has 158 valence electrons. The minimum absolute atomic E-state index is 0.0216. The summed E-state index contributed by atoms with van der Waals surface area (Å²) in [6.07, 6.45) is 4.39. The topological polar surface area (TPSA) is 96.4 Å². The summed E-state index contributed by atoms with van der Waals surface area (Å²) in [7, 11) is -7.39. The van der Waals surface area contributed by atoms with Crippen LogP contribution in [0.25, 0.3) is 10.9 Å². The van der Waals surface area contributed by atoms with Crippen molar-refractivity contribution >= 4 is 30.9 Å². The lowest BCUT2D eigenvalue weighted by Crippen LogP contribution is -2.35. The molecule has 0 saturated carbocycles. The number of benzene rings is 2. The zero-order chi connectivity index (χ0) is 21.2. The van der Waals surface area contributed by atoms with Gasteiger partial charge in [0.05, 0.1) is 15.3 Å². The lowest BCUT2D eigenvalue weighted by atomic mass is 10.1. The molecule has 1 saturated heterocycles. The second kappa shape index (κ2) is 8.43. The van der Waals surface area contributed by atoms with Gasteiger partial charge in [-0.25, -0.2) is 21.6 Å². The third-order valence-corrected chi connectivity index (χ3v) is 8.59. The fourth-order valence-electron chi connectivity index (χ4n) is 3.61. The minimum Gasteiger partial charge on any atom is -0.256 e. The summed E-state index contributed by atoms with van der Waals surface area (Å²) in [6.45, 7) is 1.09. The number of hydrogen-bond acceptors (Lipinski definition) is 5. The Bertz CT molecular complexity index is 1250. The number of aromatic nitrogens is 1. The van der Waals surface area contributed by atoms with Crippen molar-refractivity contribution in [3.05, 3.63) is 66.4 Å². The largest absolute Gasteiger partial charge is 0.256 e. The highest BCUT2D eigenvalue weighted by molar-refractivity contribution is 7.89. The fourth-order valence-corrected chi connectivity index (χ4v) is 6.13. The number of piperidine rings is 1. The second-order valence-corrected chi connectivity index (χ2v) is 11.0. The third kappa shape index (κ3) is 4.24. The number of nitrogens with one attached hydrogen (secondary N) is 1. The summed E-state index contributed by atoms with van der Waals surface area (Å²) in [6, 6.07) is 14.7. The number of hydrogen-bond donors (Lipinski definition) is 1. The lowest BCUT2D eigenvalue weighted by Gasteiger charge is -2.25. The van der Waals surface area contributed by atoms with Crippen LogP contribution in [0.15, 0.2) is 70.6 Å². The third-order valence-electron chi connectivity index (χ3n) is 5.26. The molecule has 7 nitrogen and oxygen atoms in total. The molecule has 4 rings (SSSR count). The average Bonchev–Trinajstić information content (AvgIpc) is 2.78. The van der Waals surface area contributed by atoms with Gasteiger partial charge in [-0.3, -0.25) is 4.98 Å². The molecular formula is C21H23N3O4S2. The quantitative estimate of drug-likeness (QED) is 0.629. The summed E-state index contributed by atoms with van der Waals surface area (Å²) in [5.41, 5.74) is 1.51. The lowest BCUT2D eigenvalue weighted by molar-refractivity contribution is 0.346. The zero-order valence-corrected chi connectivity index (χ0v) is 18.0. The van der Waals surface area contributed by atoms with E-state index in [-0.39, 0.29) is 16.3 Å². The Morgan fingerprint density at radius 3 is 2.23 bits per heavy atom. The van der Waals surface area contributed by atoms with Gasteiger partial charge < -0.3 is 0 Å². The van der Waals surface area contributed by atoms with E-state index in [0.29, 0.717) is 13.1 Å². The van der Waals surface area contributed by atoms with Gasteiger partial charge >= 0.3 is 0 Å². The van der Waals surface area contributed by atoms with E-state index in [1.54, 1.807) is 6.20 Å². The standard InChI is InChI=1S/C21H23N3O4S2/c25-29(26,23-16-18-7-4-6-17-8-5-13-22-21(17)18)19-9-11-20(12-10-19)30(27,28)24-14-2-1-3-15-24/h4-13,23H,1-3,14-16H2. The van der Waals surface area contributed by atoms with Crippen LogP contribution in [0.3, 0.4) is 0 Å². The predicted molar refractivity (Wildman–Crippen MR) is 115 cm³/mol. The number of sulfonamides is 2. The van der Waals surface area contributed by atoms with Gasteiger partial charge in [0.1, 0.15) is 0 Å². The molecule has 3 aromatic rings. The Morgan fingerprint density at radius 1 is 0.833 bits per heavy atom. The first-order chi connectivity index (χ1) is 14.4. The maximum Gasteiger partial charge on any atom is 0.243 e. The molecule has 1 aliphatic heterocycles. The molecule has 9 heteroatoms. The number of rotatable bonds is 6. The smallest absolute Gasteiger partial charge is 0.243 e. The van der Waals surface area contributed by atoms with Crippen molar-refractivity contribution in [2.45, 2.75) is 35.6 Å². The van der Waals surface area contributed by atoms with Gasteiger partial charge in [-0.05, 0) is 48.7 Å². The van der Waals surface area contributed by atoms with Gasteiger partial charge in [-0.1, -0.05) is 30.7 Å². The van der Waals surface area contributed by atoms with Gasteiger partial charge in [0.25, 0.3) is 0 Å². The van der Waals surface area contributed by atoms with Gasteiger partial charge in [0.15, 0.2) is 0 Å². The molecular weight excluding hydrogens is 422 g/mol. The van der Waals surface area contributed by atoms with Crippen molar-refractivity contribution in [2.75, 3.05) is 13.1 Å². The predicted octanol–water partition coefficient (Wildman–Crippen LogP) is 2.89. The minimum atomic E-state index is -3.80. The Labute approximate surface area is 176 Å². The molecule has 0 bridgehead atoms. The van der Waals surface area contributed by atoms with Gasteiger partial charge in [0, 0.05) is 31.2 Å². The number of para-hydroxylation sites is 1. The van der Waals surface area contributed by atoms with Crippen LogP contribution in [0.4, 0.5) is 0 Å². The zero-order valence-electron chi connectivity index (χ0n) is 16.4. The first kappa shape index (κ1) is 20.9. The normalized spacial score (nSPS) is 16.0. The number of nitrogens with zero attached hydrogens (tertiary/aromatic N) is 2. The van der Waals surface area contributed by atoms with Crippen LogP contribution in [0, 0.1) is 0 Å². The SMILES string of the molecule is O=S(=O)(NCc1cccc2cccnc12)c1ccc(S(=O)(=O)N2CCCCC2)cc1. The van der Waals surface area contributed by atoms with Gasteiger partial charge in [0.2, 0.25) is 20.0 Å². The van der Waals surface area contributed by atoms with E-state index in [2.05, 4.69) is 9.71 Å². The molecule has 0 radical (unpaired) electrons. The van der Waals surface area contributed by atoms with Crippen LogP contribution in [0.5, 0.6) is 0 Å². The number of fused-ring (bicyclic) bond motifs is 1. The number of pyridine rings is 1. The summed E-state index contributed by atoms with van der Waals surface area (Å²) in [5, 5.41) is 0.932. The monoisotopic (exact) mass is 445 g/mol. The summed E-state index contributed by atoms with van der Waals surface area (Å²) < 4.78 is 54.9. The maximum absolute atomic E-state index is 12.7. The van der Waals surface area contributed by atoms with Crippen molar-refractivity contribution in [1.82, 2.24) is 14.0 Å². The van der Waals surface area contributed by atoms with Crippen molar-refractivity contribution < 1.29 is 16.8 Å². The first-order valence-corrected chi connectivity index (χ1v) is 12.7. The van der Waals surface area contributed by atoms with E-state index in [9.17, 15) is 16.8 Å². The maximum atomic E-state index is 12.7. The molecule has 2 heterocycles. The van der Waals surface area contributed by atoms with Crippen molar-refractivity contribution in [2.24, 2.45) is 0 Å². The molecule has 0 aliphatic carbocycles.